The molecule has 0 aliphatic rings. The number of rotatable bonds is 4. The monoisotopic (exact) mass is 245 g/mol. The highest BCUT2D eigenvalue weighted by atomic mass is 16.5. The number of anilines is 1. The van der Waals surface area contributed by atoms with Gasteiger partial charge in [-0.05, 0) is 13.8 Å². The zero-order chi connectivity index (χ0) is 13.0. The van der Waals surface area contributed by atoms with E-state index in [0.717, 1.165) is 11.4 Å². The maximum Gasteiger partial charge on any atom is 0.218 e. The second-order valence-electron chi connectivity index (χ2n) is 3.85. The van der Waals surface area contributed by atoms with Crippen LogP contribution < -0.4 is 10.1 Å². The predicted molar refractivity (Wildman–Crippen MR) is 67.4 cm³/mol. The van der Waals surface area contributed by atoms with Crippen LogP contribution in [0.2, 0.25) is 0 Å². The quantitative estimate of drug-likeness (QED) is 0.880. The van der Waals surface area contributed by atoms with Gasteiger partial charge in [-0.25, -0.2) is 4.98 Å². The van der Waals surface area contributed by atoms with E-state index in [-0.39, 0.29) is 0 Å². The molecule has 0 amide bonds. The van der Waals surface area contributed by atoms with Crippen LogP contribution in [0.1, 0.15) is 17.2 Å². The minimum absolute atomic E-state index is 0.542. The smallest absolute Gasteiger partial charge is 0.218 e. The summed E-state index contributed by atoms with van der Waals surface area (Å²) in [5.74, 6) is 1.91. The third-order valence-corrected chi connectivity index (χ3v) is 2.31. The Morgan fingerprint density at radius 3 is 2.67 bits per heavy atom. The van der Waals surface area contributed by atoms with E-state index in [1.165, 1.54) is 0 Å². The van der Waals surface area contributed by atoms with Crippen LogP contribution in [0, 0.1) is 13.8 Å². The lowest BCUT2D eigenvalue weighted by Crippen LogP contribution is -2.06. The highest BCUT2D eigenvalue weighted by Crippen LogP contribution is 2.13. The van der Waals surface area contributed by atoms with Crippen LogP contribution >= 0.6 is 0 Å². The molecule has 2 heterocycles. The lowest BCUT2D eigenvalue weighted by Gasteiger charge is -2.07. The van der Waals surface area contributed by atoms with Gasteiger partial charge >= 0.3 is 0 Å². The van der Waals surface area contributed by atoms with Crippen molar-refractivity contribution in [3.05, 3.63) is 35.7 Å². The lowest BCUT2D eigenvalue weighted by molar-refractivity contribution is 0.396. The summed E-state index contributed by atoms with van der Waals surface area (Å²) < 4.78 is 5.08. The Morgan fingerprint density at radius 2 is 2.00 bits per heavy atom. The zero-order valence-electron chi connectivity index (χ0n) is 10.6. The van der Waals surface area contributed by atoms with Gasteiger partial charge < -0.3 is 10.1 Å². The van der Waals surface area contributed by atoms with Crippen molar-refractivity contribution in [2.45, 2.75) is 20.4 Å². The van der Waals surface area contributed by atoms with Crippen LogP contribution in [0.4, 0.5) is 5.82 Å². The molecular formula is C12H15N5O. The summed E-state index contributed by atoms with van der Waals surface area (Å²) in [7, 11) is 1.58. The van der Waals surface area contributed by atoms with Crippen molar-refractivity contribution in [1.29, 1.82) is 0 Å². The summed E-state index contributed by atoms with van der Waals surface area (Å²) in [4.78, 5) is 16.8. The number of methoxy groups -OCH3 is 1. The molecular weight excluding hydrogens is 230 g/mol. The van der Waals surface area contributed by atoms with Gasteiger partial charge in [-0.1, -0.05) is 0 Å². The Labute approximate surface area is 105 Å². The SMILES string of the molecule is COc1cc(NCc2cnc(C)cn2)nc(C)n1. The van der Waals surface area contributed by atoms with Crippen LogP contribution in [0.15, 0.2) is 18.5 Å². The van der Waals surface area contributed by atoms with Crippen molar-refractivity contribution >= 4 is 5.82 Å². The first-order chi connectivity index (χ1) is 8.67. The van der Waals surface area contributed by atoms with Gasteiger partial charge in [0.25, 0.3) is 0 Å². The van der Waals surface area contributed by atoms with Gasteiger partial charge in [-0.2, -0.15) is 4.98 Å². The van der Waals surface area contributed by atoms with Crippen molar-refractivity contribution in [3.63, 3.8) is 0 Å². The summed E-state index contributed by atoms with van der Waals surface area (Å²) in [5.41, 5.74) is 1.76. The summed E-state index contributed by atoms with van der Waals surface area (Å²) in [6, 6.07) is 1.74. The summed E-state index contributed by atoms with van der Waals surface area (Å²) in [6.07, 6.45) is 3.48. The normalized spacial score (nSPS) is 10.2. The van der Waals surface area contributed by atoms with Crippen LogP contribution in [0.25, 0.3) is 0 Å². The molecule has 2 aromatic heterocycles. The van der Waals surface area contributed by atoms with Crippen LogP contribution in [0.3, 0.4) is 0 Å². The number of aryl methyl sites for hydroxylation is 2. The van der Waals surface area contributed by atoms with Crippen molar-refractivity contribution in [2.75, 3.05) is 12.4 Å². The van der Waals surface area contributed by atoms with Gasteiger partial charge in [-0.15, -0.1) is 0 Å². The van der Waals surface area contributed by atoms with Gasteiger partial charge in [0.05, 0.1) is 31.2 Å². The Hall–Kier alpha value is -2.24. The van der Waals surface area contributed by atoms with Crippen LogP contribution in [-0.2, 0) is 6.54 Å². The third kappa shape index (κ3) is 3.13. The van der Waals surface area contributed by atoms with E-state index in [2.05, 4.69) is 25.3 Å². The van der Waals surface area contributed by atoms with E-state index in [1.54, 1.807) is 25.6 Å². The summed E-state index contributed by atoms with van der Waals surface area (Å²) >= 11 is 0. The third-order valence-electron chi connectivity index (χ3n) is 2.31. The van der Waals surface area contributed by atoms with Gasteiger partial charge in [0.15, 0.2) is 0 Å². The topological polar surface area (TPSA) is 72.8 Å². The fourth-order valence-corrected chi connectivity index (χ4v) is 1.43. The number of nitrogens with zero attached hydrogens (tertiary/aromatic N) is 4. The Kier molecular flexibility index (Phi) is 3.66. The van der Waals surface area contributed by atoms with Crippen molar-refractivity contribution in [2.24, 2.45) is 0 Å². The molecule has 6 heteroatoms. The first kappa shape index (κ1) is 12.2. The maximum atomic E-state index is 5.08. The molecule has 6 nitrogen and oxygen atoms in total. The molecule has 0 bridgehead atoms. The summed E-state index contributed by atoms with van der Waals surface area (Å²) in [6.45, 7) is 4.29. The van der Waals surface area contributed by atoms with Crippen molar-refractivity contribution in [1.82, 2.24) is 19.9 Å². The predicted octanol–water partition coefficient (Wildman–Crippen LogP) is 1.50. The van der Waals surface area contributed by atoms with Gasteiger partial charge in [-0.3, -0.25) is 9.97 Å². The first-order valence-corrected chi connectivity index (χ1v) is 5.58. The molecule has 0 saturated heterocycles. The second-order valence-corrected chi connectivity index (χ2v) is 3.85. The molecule has 0 radical (unpaired) electrons. The number of hydrogen-bond donors (Lipinski definition) is 1. The van der Waals surface area contributed by atoms with Crippen molar-refractivity contribution < 1.29 is 4.74 Å². The van der Waals surface area contributed by atoms with E-state index in [0.29, 0.717) is 24.1 Å². The average molecular weight is 245 g/mol. The second kappa shape index (κ2) is 5.39. The standard InChI is InChI=1S/C12H15N5O/c1-8-5-14-10(6-13-8)7-15-11-4-12(18-3)17-9(2)16-11/h4-6H,7H2,1-3H3,(H,15,16,17). The Balaban J connectivity index is 2.05. The lowest BCUT2D eigenvalue weighted by atomic mass is 10.4. The maximum absolute atomic E-state index is 5.08. The molecule has 18 heavy (non-hydrogen) atoms. The van der Waals surface area contributed by atoms with E-state index in [9.17, 15) is 0 Å². The van der Waals surface area contributed by atoms with E-state index in [4.69, 9.17) is 4.74 Å². The van der Waals surface area contributed by atoms with E-state index >= 15 is 0 Å². The van der Waals surface area contributed by atoms with E-state index < -0.39 is 0 Å². The molecule has 0 aromatic carbocycles. The average Bonchev–Trinajstić information content (AvgIpc) is 2.37. The number of ether oxygens (including phenoxy) is 1. The van der Waals surface area contributed by atoms with E-state index in [1.807, 2.05) is 13.8 Å². The largest absolute Gasteiger partial charge is 0.481 e. The van der Waals surface area contributed by atoms with Gasteiger partial charge in [0, 0.05) is 12.3 Å². The van der Waals surface area contributed by atoms with Gasteiger partial charge in [0.2, 0.25) is 5.88 Å². The number of aromatic nitrogens is 4. The fourth-order valence-electron chi connectivity index (χ4n) is 1.43. The highest BCUT2D eigenvalue weighted by molar-refractivity contribution is 5.38. The van der Waals surface area contributed by atoms with Crippen LogP contribution in [-0.4, -0.2) is 27.0 Å². The molecule has 0 saturated carbocycles. The number of hydrogen-bond acceptors (Lipinski definition) is 6. The summed E-state index contributed by atoms with van der Waals surface area (Å²) in [5, 5.41) is 3.16. The Bertz CT molecular complexity index is 526. The first-order valence-electron chi connectivity index (χ1n) is 5.58. The van der Waals surface area contributed by atoms with Gasteiger partial charge in [0.1, 0.15) is 11.6 Å². The minimum atomic E-state index is 0.542. The zero-order valence-corrected chi connectivity index (χ0v) is 10.6. The minimum Gasteiger partial charge on any atom is -0.481 e. The molecule has 1 N–H and O–H groups in total. The fraction of sp³-hybridized carbons (Fsp3) is 0.333. The van der Waals surface area contributed by atoms with Crippen LogP contribution in [0.5, 0.6) is 5.88 Å². The molecule has 0 aliphatic heterocycles. The molecule has 2 aromatic rings. The highest BCUT2D eigenvalue weighted by Gasteiger charge is 2.02. The molecule has 0 fully saturated rings. The molecule has 2 rings (SSSR count). The Morgan fingerprint density at radius 1 is 1.17 bits per heavy atom. The number of nitrogens with one attached hydrogen (secondary N) is 1. The molecule has 0 spiro atoms. The molecule has 94 valence electrons. The molecule has 0 atom stereocenters. The molecule has 0 aliphatic carbocycles. The van der Waals surface area contributed by atoms with Crippen molar-refractivity contribution in [3.8, 4) is 5.88 Å². The molecule has 0 unspecified atom stereocenters.